The molecule has 8 heteroatoms. The number of nitrogens with zero attached hydrogens (tertiary/aromatic N) is 1. The SMILES string of the molecule is CCc1cc(C)cc(CC)c1NC(=O)CN1C[C@H](c2ccc3c(c2)OCO3)C(C(=O)O)[C@@H]1c1ccc(CCCOC)cc1. The number of likely N-dealkylation sites (tertiary alicyclic amines) is 1. The number of carboxylic acids is 1. The Balaban J connectivity index is 1.46. The molecule has 1 fully saturated rings. The van der Waals surface area contributed by atoms with E-state index in [9.17, 15) is 14.7 Å². The lowest BCUT2D eigenvalue weighted by Gasteiger charge is -2.27. The highest BCUT2D eigenvalue weighted by atomic mass is 16.7. The standard InChI is InChI=1S/C35H42N2O6/c1-5-24-16-22(3)17-25(6-2)33(24)36-31(38)20-37-19-28(27-13-14-29-30(18-27)43-21-42-29)32(35(39)40)34(37)26-11-9-23(10-12-26)8-7-15-41-4/h9-14,16-18,28,32,34H,5-8,15,19-21H2,1-4H3,(H,36,38)(H,39,40)/t28-,32?,34+/m1/s1. The van der Waals surface area contributed by atoms with Gasteiger partial charge in [0.25, 0.3) is 0 Å². The zero-order chi connectivity index (χ0) is 30.5. The van der Waals surface area contributed by atoms with Crippen LogP contribution < -0.4 is 14.8 Å². The molecule has 5 rings (SSSR count). The van der Waals surface area contributed by atoms with Gasteiger partial charge in [-0.25, -0.2) is 0 Å². The Bertz CT molecular complexity index is 1430. The molecule has 8 nitrogen and oxygen atoms in total. The third-order valence-electron chi connectivity index (χ3n) is 8.66. The number of benzene rings is 3. The maximum Gasteiger partial charge on any atom is 0.309 e. The molecule has 0 aromatic heterocycles. The lowest BCUT2D eigenvalue weighted by molar-refractivity contribution is -0.143. The zero-order valence-electron chi connectivity index (χ0n) is 25.5. The summed E-state index contributed by atoms with van der Waals surface area (Å²) in [7, 11) is 1.70. The maximum atomic E-state index is 13.7. The van der Waals surface area contributed by atoms with Crippen molar-refractivity contribution in [2.75, 3.05) is 38.9 Å². The number of carbonyl (C=O) groups is 2. The minimum atomic E-state index is -0.889. The number of carbonyl (C=O) groups excluding carboxylic acids is 1. The number of fused-ring (bicyclic) bond motifs is 1. The number of rotatable bonds is 12. The summed E-state index contributed by atoms with van der Waals surface area (Å²) in [4.78, 5) is 28.7. The first-order valence-corrected chi connectivity index (χ1v) is 15.2. The van der Waals surface area contributed by atoms with Crippen molar-refractivity contribution < 1.29 is 28.9 Å². The lowest BCUT2D eigenvalue weighted by Crippen LogP contribution is -2.35. The van der Waals surface area contributed by atoms with Gasteiger partial charge in [0.1, 0.15) is 0 Å². The molecular formula is C35H42N2O6. The number of carboxylic acid groups (broad SMARTS) is 1. The van der Waals surface area contributed by atoms with Crippen LogP contribution in [0.4, 0.5) is 5.69 Å². The largest absolute Gasteiger partial charge is 0.481 e. The van der Waals surface area contributed by atoms with E-state index in [2.05, 4.69) is 50.4 Å². The van der Waals surface area contributed by atoms with Crippen molar-refractivity contribution in [3.05, 3.63) is 88.0 Å². The molecule has 2 N–H and O–H groups in total. The van der Waals surface area contributed by atoms with Crippen LogP contribution in [0.25, 0.3) is 0 Å². The van der Waals surface area contributed by atoms with Crippen LogP contribution >= 0.6 is 0 Å². The smallest absolute Gasteiger partial charge is 0.309 e. The van der Waals surface area contributed by atoms with Gasteiger partial charge in [0, 0.05) is 37.9 Å². The molecule has 2 aliphatic rings. The van der Waals surface area contributed by atoms with E-state index in [1.165, 1.54) is 11.1 Å². The fraction of sp³-hybridized carbons (Fsp3) is 0.429. The van der Waals surface area contributed by atoms with Gasteiger partial charge < -0.3 is 24.6 Å². The number of amides is 1. The van der Waals surface area contributed by atoms with Crippen LogP contribution in [-0.4, -0.2) is 55.5 Å². The molecule has 0 saturated carbocycles. The molecule has 43 heavy (non-hydrogen) atoms. The second-order valence-corrected chi connectivity index (χ2v) is 11.5. The number of nitrogens with one attached hydrogen (secondary N) is 1. The molecule has 3 aromatic carbocycles. The van der Waals surface area contributed by atoms with E-state index in [1.54, 1.807) is 7.11 Å². The summed E-state index contributed by atoms with van der Waals surface area (Å²) in [6, 6.07) is 17.5. The quantitative estimate of drug-likeness (QED) is 0.255. The molecule has 1 unspecified atom stereocenters. The lowest BCUT2D eigenvalue weighted by atomic mass is 9.82. The van der Waals surface area contributed by atoms with Crippen LogP contribution in [0.5, 0.6) is 11.5 Å². The minimum absolute atomic E-state index is 0.0747. The molecule has 0 radical (unpaired) electrons. The Labute approximate surface area is 254 Å². The van der Waals surface area contributed by atoms with E-state index in [-0.39, 0.29) is 25.2 Å². The van der Waals surface area contributed by atoms with Gasteiger partial charge in [-0.3, -0.25) is 14.5 Å². The minimum Gasteiger partial charge on any atom is -0.481 e. The first-order valence-electron chi connectivity index (χ1n) is 15.2. The first kappa shape index (κ1) is 30.6. The Morgan fingerprint density at radius 3 is 2.30 bits per heavy atom. The Hall–Kier alpha value is -3.88. The molecule has 2 aliphatic heterocycles. The second-order valence-electron chi connectivity index (χ2n) is 11.5. The number of hydrogen-bond donors (Lipinski definition) is 2. The van der Waals surface area contributed by atoms with Crippen LogP contribution in [0.3, 0.4) is 0 Å². The van der Waals surface area contributed by atoms with Crippen LogP contribution in [0.2, 0.25) is 0 Å². The number of aryl methyl sites for hydroxylation is 4. The van der Waals surface area contributed by atoms with E-state index in [0.717, 1.165) is 53.6 Å². The highest BCUT2D eigenvalue weighted by Gasteiger charge is 2.48. The topological polar surface area (TPSA) is 97.3 Å². The van der Waals surface area contributed by atoms with Gasteiger partial charge in [0.15, 0.2) is 11.5 Å². The molecule has 0 bridgehead atoms. The van der Waals surface area contributed by atoms with Gasteiger partial charge in [0.05, 0.1) is 12.5 Å². The third-order valence-corrected chi connectivity index (χ3v) is 8.66. The highest BCUT2D eigenvalue weighted by Crippen LogP contribution is 2.47. The molecule has 2 heterocycles. The fourth-order valence-corrected chi connectivity index (χ4v) is 6.60. The summed E-state index contributed by atoms with van der Waals surface area (Å²) in [6.45, 7) is 7.58. The number of aliphatic carboxylic acids is 1. The molecular weight excluding hydrogens is 544 g/mol. The van der Waals surface area contributed by atoms with Crippen molar-refractivity contribution in [2.45, 2.75) is 58.4 Å². The molecule has 228 valence electrons. The van der Waals surface area contributed by atoms with Gasteiger partial charge >= 0.3 is 5.97 Å². The van der Waals surface area contributed by atoms with Crippen molar-refractivity contribution in [3.63, 3.8) is 0 Å². The van der Waals surface area contributed by atoms with Gasteiger partial charge in [0.2, 0.25) is 12.7 Å². The van der Waals surface area contributed by atoms with Crippen molar-refractivity contribution in [1.82, 2.24) is 4.90 Å². The average Bonchev–Trinajstić information content (AvgIpc) is 3.62. The van der Waals surface area contributed by atoms with Crippen LogP contribution in [0, 0.1) is 12.8 Å². The van der Waals surface area contributed by atoms with Crippen molar-refractivity contribution >= 4 is 17.6 Å². The number of ether oxygens (including phenoxy) is 3. The number of anilines is 1. The van der Waals surface area contributed by atoms with Crippen LogP contribution in [-0.2, 0) is 33.6 Å². The maximum absolute atomic E-state index is 13.7. The highest BCUT2D eigenvalue weighted by molar-refractivity contribution is 5.94. The van der Waals surface area contributed by atoms with E-state index in [0.29, 0.717) is 24.7 Å². The van der Waals surface area contributed by atoms with Crippen molar-refractivity contribution in [1.29, 1.82) is 0 Å². The molecule has 3 atom stereocenters. The number of hydrogen-bond acceptors (Lipinski definition) is 6. The summed E-state index contributed by atoms with van der Waals surface area (Å²) in [5.74, 6) is -0.868. The molecule has 3 aromatic rings. The Kier molecular flexibility index (Phi) is 9.68. The summed E-state index contributed by atoms with van der Waals surface area (Å²) in [6.07, 6.45) is 3.40. The van der Waals surface area contributed by atoms with Crippen LogP contribution in [0.15, 0.2) is 54.6 Å². The van der Waals surface area contributed by atoms with Gasteiger partial charge in [-0.2, -0.15) is 0 Å². The van der Waals surface area contributed by atoms with E-state index < -0.39 is 17.9 Å². The third kappa shape index (κ3) is 6.71. The van der Waals surface area contributed by atoms with Gasteiger partial charge in [-0.1, -0.05) is 61.9 Å². The van der Waals surface area contributed by atoms with Gasteiger partial charge in [-0.05, 0) is 72.6 Å². The summed E-state index contributed by atoms with van der Waals surface area (Å²) in [5, 5.41) is 13.8. The normalized spacial score (nSPS) is 19.5. The summed E-state index contributed by atoms with van der Waals surface area (Å²) in [5.41, 5.74) is 7.17. The van der Waals surface area contributed by atoms with Crippen LogP contribution in [0.1, 0.15) is 65.6 Å². The predicted molar refractivity (Wildman–Crippen MR) is 166 cm³/mol. The summed E-state index contributed by atoms with van der Waals surface area (Å²) < 4.78 is 16.3. The fourth-order valence-electron chi connectivity index (χ4n) is 6.60. The Morgan fingerprint density at radius 2 is 1.65 bits per heavy atom. The van der Waals surface area contributed by atoms with Crippen molar-refractivity contribution in [3.8, 4) is 11.5 Å². The van der Waals surface area contributed by atoms with E-state index >= 15 is 0 Å². The molecule has 1 saturated heterocycles. The number of methoxy groups -OCH3 is 1. The summed E-state index contributed by atoms with van der Waals surface area (Å²) >= 11 is 0. The predicted octanol–water partition coefficient (Wildman–Crippen LogP) is 5.91. The average molecular weight is 587 g/mol. The van der Waals surface area contributed by atoms with Crippen molar-refractivity contribution in [2.24, 2.45) is 5.92 Å². The molecule has 0 spiro atoms. The van der Waals surface area contributed by atoms with E-state index in [1.807, 2.05) is 35.2 Å². The molecule has 0 aliphatic carbocycles. The first-order chi connectivity index (χ1) is 20.8. The molecule has 1 amide bonds. The monoisotopic (exact) mass is 586 g/mol. The zero-order valence-corrected chi connectivity index (χ0v) is 25.5. The van der Waals surface area contributed by atoms with Gasteiger partial charge in [-0.15, -0.1) is 0 Å². The Morgan fingerprint density at radius 1 is 0.977 bits per heavy atom. The van der Waals surface area contributed by atoms with E-state index in [4.69, 9.17) is 14.2 Å². The second kappa shape index (κ2) is 13.6.